The van der Waals surface area contributed by atoms with E-state index in [2.05, 4.69) is 9.64 Å². The quantitative estimate of drug-likeness (QED) is 0.738. The normalized spacial score (nSPS) is 16.0. The molecule has 0 bridgehead atoms. The summed E-state index contributed by atoms with van der Waals surface area (Å²) >= 11 is 6.84. The molecule has 6 nitrogen and oxygen atoms in total. The molecule has 0 radical (unpaired) electrons. The Morgan fingerprint density at radius 3 is 2.40 bits per heavy atom. The van der Waals surface area contributed by atoms with E-state index in [1.807, 2.05) is 30.3 Å². The second-order valence-electron chi connectivity index (χ2n) is 5.46. The second-order valence-corrected chi connectivity index (χ2v) is 9.05. The molecule has 0 spiro atoms. The summed E-state index contributed by atoms with van der Waals surface area (Å²) in [4.78, 5) is 13.9. The number of esters is 1. The van der Waals surface area contributed by atoms with E-state index in [1.54, 1.807) is 0 Å². The Kier molecular flexibility index (Phi) is 5.33. The smallest absolute Gasteiger partial charge is 0.349 e. The van der Waals surface area contributed by atoms with Crippen LogP contribution < -0.4 is 4.90 Å². The van der Waals surface area contributed by atoms with E-state index in [1.165, 1.54) is 17.5 Å². The first-order valence-corrected chi connectivity index (χ1v) is 10.2. The molecular weight excluding hydrogens is 384 g/mol. The molecule has 0 N–H and O–H groups in total. The van der Waals surface area contributed by atoms with Gasteiger partial charge in [-0.3, -0.25) is 0 Å². The maximum atomic E-state index is 12.9. The number of nitrogens with zero attached hydrogens (tertiary/aromatic N) is 2. The van der Waals surface area contributed by atoms with Gasteiger partial charge in [-0.05, 0) is 18.2 Å². The van der Waals surface area contributed by atoms with Gasteiger partial charge in [0.2, 0.25) is 10.0 Å². The summed E-state index contributed by atoms with van der Waals surface area (Å²) in [7, 11) is -2.59. The molecule has 1 aliphatic rings. The fourth-order valence-electron chi connectivity index (χ4n) is 2.74. The summed E-state index contributed by atoms with van der Waals surface area (Å²) in [5.74, 6) is -0.696. The molecule has 25 heavy (non-hydrogen) atoms. The lowest BCUT2D eigenvalue weighted by Crippen LogP contribution is -2.48. The van der Waals surface area contributed by atoms with E-state index >= 15 is 0 Å². The summed E-state index contributed by atoms with van der Waals surface area (Å²) in [6.45, 7) is 1.83. The van der Waals surface area contributed by atoms with Crippen LogP contribution in [0.2, 0.25) is 4.34 Å². The van der Waals surface area contributed by atoms with Crippen molar-refractivity contribution >= 4 is 44.6 Å². The molecule has 9 heteroatoms. The van der Waals surface area contributed by atoms with Crippen LogP contribution in [0.1, 0.15) is 9.67 Å². The summed E-state index contributed by atoms with van der Waals surface area (Å²) < 4.78 is 32.2. The van der Waals surface area contributed by atoms with E-state index in [-0.39, 0.29) is 14.1 Å². The third-order valence-electron chi connectivity index (χ3n) is 4.02. The van der Waals surface area contributed by atoms with Crippen molar-refractivity contribution in [2.75, 3.05) is 38.2 Å². The van der Waals surface area contributed by atoms with Gasteiger partial charge in [0.05, 0.1) is 11.4 Å². The van der Waals surface area contributed by atoms with Crippen molar-refractivity contribution in [1.82, 2.24) is 4.31 Å². The fourth-order valence-corrected chi connectivity index (χ4v) is 5.86. The van der Waals surface area contributed by atoms with Crippen molar-refractivity contribution in [3.63, 3.8) is 0 Å². The topological polar surface area (TPSA) is 66.9 Å². The van der Waals surface area contributed by atoms with E-state index < -0.39 is 16.0 Å². The van der Waals surface area contributed by atoms with Crippen molar-refractivity contribution in [2.24, 2.45) is 0 Å². The molecular formula is C16H17ClN2O4S2. The molecule has 0 saturated carbocycles. The van der Waals surface area contributed by atoms with Gasteiger partial charge in [-0.15, -0.1) is 11.3 Å². The molecule has 2 aromatic rings. The Balaban J connectivity index is 1.80. The Hall–Kier alpha value is -1.61. The van der Waals surface area contributed by atoms with Gasteiger partial charge in [0.15, 0.2) is 0 Å². The molecule has 1 aromatic carbocycles. The highest BCUT2D eigenvalue weighted by Gasteiger charge is 2.33. The minimum absolute atomic E-state index is 0.0120. The van der Waals surface area contributed by atoms with Crippen LogP contribution in [-0.2, 0) is 14.8 Å². The SMILES string of the molecule is COC(=O)c1sc(Cl)cc1S(=O)(=O)N1CCN(c2ccccc2)CC1. The number of benzene rings is 1. The van der Waals surface area contributed by atoms with Crippen LogP contribution in [0.4, 0.5) is 5.69 Å². The minimum Gasteiger partial charge on any atom is -0.465 e. The summed E-state index contributed by atoms with van der Waals surface area (Å²) in [5.41, 5.74) is 1.06. The lowest BCUT2D eigenvalue weighted by molar-refractivity contribution is 0.0602. The molecule has 0 amide bonds. The monoisotopic (exact) mass is 400 g/mol. The Morgan fingerprint density at radius 2 is 1.80 bits per heavy atom. The molecule has 3 rings (SSSR count). The van der Waals surface area contributed by atoms with Crippen LogP contribution >= 0.6 is 22.9 Å². The van der Waals surface area contributed by atoms with Gasteiger partial charge in [0.25, 0.3) is 0 Å². The first-order chi connectivity index (χ1) is 11.9. The number of rotatable bonds is 4. The van der Waals surface area contributed by atoms with E-state index in [9.17, 15) is 13.2 Å². The van der Waals surface area contributed by atoms with Gasteiger partial charge < -0.3 is 9.64 Å². The third kappa shape index (κ3) is 3.67. The molecule has 1 aliphatic heterocycles. The van der Waals surface area contributed by atoms with E-state index in [4.69, 9.17) is 11.6 Å². The lowest BCUT2D eigenvalue weighted by Gasteiger charge is -2.35. The zero-order valence-electron chi connectivity index (χ0n) is 13.5. The zero-order valence-corrected chi connectivity index (χ0v) is 15.9. The number of carbonyl (C=O) groups is 1. The van der Waals surface area contributed by atoms with Gasteiger partial charge in [-0.1, -0.05) is 29.8 Å². The van der Waals surface area contributed by atoms with Crippen molar-refractivity contribution in [3.8, 4) is 0 Å². The highest BCUT2D eigenvalue weighted by atomic mass is 35.5. The van der Waals surface area contributed by atoms with Crippen molar-refractivity contribution < 1.29 is 17.9 Å². The van der Waals surface area contributed by atoms with E-state index in [0.29, 0.717) is 26.2 Å². The number of hydrogen-bond donors (Lipinski definition) is 0. The van der Waals surface area contributed by atoms with Gasteiger partial charge in [0, 0.05) is 31.9 Å². The van der Waals surface area contributed by atoms with Crippen LogP contribution in [-0.4, -0.2) is 52.0 Å². The first-order valence-electron chi connectivity index (χ1n) is 7.61. The molecule has 1 fully saturated rings. The molecule has 0 unspecified atom stereocenters. The lowest BCUT2D eigenvalue weighted by atomic mass is 10.2. The van der Waals surface area contributed by atoms with Crippen molar-refractivity contribution in [1.29, 1.82) is 0 Å². The largest absolute Gasteiger partial charge is 0.465 e. The van der Waals surface area contributed by atoms with Gasteiger partial charge in [-0.2, -0.15) is 4.31 Å². The second kappa shape index (κ2) is 7.33. The van der Waals surface area contributed by atoms with Crippen LogP contribution in [0.15, 0.2) is 41.3 Å². The molecule has 0 atom stereocenters. The molecule has 0 aliphatic carbocycles. The van der Waals surface area contributed by atoms with Crippen molar-refractivity contribution in [3.05, 3.63) is 45.6 Å². The number of hydrogen-bond acceptors (Lipinski definition) is 6. The number of halogens is 1. The maximum absolute atomic E-state index is 12.9. The predicted octanol–water partition coefficient (Wildman–Crippen LogP) is 2.70. The standard InChI is InChI=1S/C16H17ClN2O4S2/c1-23-16(20)15-13(11-14(17)24-15)25(21,22)19-9-7-18(8-10-19)12-5-3-2-4-6-12/h2-6,11H,7-10H2,1H3. The number of piperazine rings is 1. The third-order valence-corrected chi connectivity index (χ3v) is 7.31. The molecule has 2 heterocycles. The highest BCUT2D eigenvalue weighted by Crippen LogP contribution is 2.33. The maximum Gasteiger partial charge on any atom is 0.349 e. The molecule has 134 valence electrons. The Bertz CT molecular complexity index is 860. The average molecular weight is 401 g/mol. The van der Waals surface area contributed by atoms with E-state index in [0.717, 1.165) is 17.0 Å². The van der Waals surface area contributed by atoms with Gasteiger partial charge >= 0.3 is 5.97 Å². The number of sulfonamides is 1. The average Bonchev–Trinajstić information content (AvgIpc) is 3.04. The predicted molar refractivity (Wildman–Crippen MR) is 98.1 cm³/mol. The van der Waals surface area contributed by atoms with Gasteiger partial charge in [-0.25, -0.2) is 13.2 Å². The van der Waals surface area contributed by atoms with Gasteiger partial charge in [0.1, 0.15) is 9.77 Å². The van der Waals surface area contributed by atoms with Crippen LogP contribution in [0.25, 0.3) is 0 Å². The van der Waals surface area contributed by atoms with Crippen molar-refractivity contribution in [2.45, 2.75) is 4.90 Å². The fraction of sp³-hybridized carbons (Fsp3) is 0.312. The number of ether oxygens (including phenoxy) is 1. The minimum atomic E-state index is -3.80. The molecule has 1 saturated heterocycles. The Morgan fingerprint density at radius 1 is 1.16 bits per heavy atom. The van der Waals surface area contributed by atoms with Crippen LogP contribution in [0.5, 0.6) is 0 Å². The first kappa shape index (κ1) is 18.2. The summed E-state index contributed by atoms with van der Waals surface area (Å²) in [5, 5.41) is 0. The number of para-hydroxylation sites is 1. The number of thiophene rings is 1. The highest BCUT2D eigenvalue weighted by molar-refractivity contribution is 7.89. The number of carbonyl (C=O) groups excluding carboxylic acids is 1. The number of methoxy groups -OCH3 is 1. The number of anilines is 1. The Labute approximate surface area is 155 Å². The zero-order chi connectivity index (χ0) is 18.0. The van der Waals surface area contributed by atoms with Crippen LogP contribution in [0, 0.1) is 0 Å². The molecule has 1 aromatic heterocycles. The summed E-state index contributed by atoms with van der Waals surface area (Å²) in [6, 6.07) is 11.2. The van der Waals surface area contributed by atoms with Crippen LogP contribution in [0.3, 0.4) is 0 Å². The summed E-state index contributed by atoms with van der Waals surface area (Å²) in [6.07, 6.45) is 0.